The molecule has 2 rings (SSSR count). The Balaban J connectivity index is 0.000000497. The van der Waals surface area contributed by atoms with Crippen molar-refractivity contribution in [3.05, 3.63) is 48.0 Å². The Morgan fingerprint density at radius 1 is 0.882 bits per heavy atom. The Labute approximate surface area is 206 Å². The van der Waals surface area contributed by atoms with E-state index in [4.69, 9.17) is 9.84 Å². The van der Waals surface area contributed by atoms with Crippen LogP contribution in [0.25, 0.3) is 10.8 Å². The van der Waals surface area contributed by atoms with Crippen LogP contribution in [0.1, 0.15) is 86.1 Å². The molecule has 0 saturated heterocycles. The number of aliphatic hydroxyl groups is 1. The molecule has 0 aliphatic rings. The van der Waals surface area contributed by atoms with Crippen molar-refractivity contribution in [1.29, 1.82) is 0 Å². The van der Waals surface area contributed by atoms with Crippen molar-refractivity contribution in [2.75, 3.05) is 20.3 Å². The second-order valence-corrected chi connectivity index (χ2v) is 9.74. The number of fused-ring (bicyclic) bond motifs is 1. The fourth-order valence-corrected chi connectivity index (χ4v) is 2.65. The Bertz CT molecular complexity index is 870. The highest BCUT2D eigenvalue weighted by molar-refractivity contribution is 5.83. The summed E-state index contributed by atoms with van der Waals surface area (Å²) in [6.45, 7) is 15.8. The maximum absolute atomic E-state index is 11.1. The van der Waals surface area contributed by atoms with Crippen molar-refractivity contribution in [3.8, 4) is 0 Å². The zero-order chi connectivity index (χ0) is 26.4. The molecule has 192 valence electrons. The van der Waals surface area contributed by atoms with Gasteiger partial charge in [-0.3, -0.25) is 9.59 Å². The molecule has 5 nitrogen and oxygen atoms in total. The standard InChI is InChI=1S/C14H16.C8H16O3.C7H14O2/c1-3-11(2)13-9-8-12-6-4-5-7-14(12)10-13;1-4-8(2,3)7(10)11-6-5-9;1-5-7(2,3)6(8)9-4/h4-11H,3H2,1-2H3;9H,4-6H2,1-3H3;5H2,1-4H3. The summed E-state index contributed by atoms with van der Waals surface area (Å²) in [7, 11) is 1.42. The summed E-state index contributed by atoms with van der Waals surface area (Å²) in [4.78, 5) is 22.0. The molecule has 0 aliphatic carbocycles. The number of rotatable bonds is 8. The van der Waals surface area contributed by atoms with Crippen molar-refractivity contribution < 1.29 is 24.2 Å². The summed E-state index contributed by atoms with van der Waals surface area (Å²) in [5, 5.41) is 11.1. The van der Waals surface area contributed by atoms with Gasteiger partial charge in [0.05, 0.1) is 24.5 Å². The maximum Gasteiger partial charge on any atom is 0.311 e. The Hall–Kier alpha value is -2.40. The minimum Gasteiger partial charge on any atom is -0.469 e. The van der Waals surface area contributed by atoms with Crippen molar-refractivity contribution in [2.24, 2.45) is 10.8 Å². The van der Waals surface area contributed by atoms with Crippen LogP contribution < -0.4 is 0 Å². The lowest BCUT2D eigenvalue weighted by Gasteiger charge is -2.19. The topological polar surface area (TPSA) is 72.8 Å². The van der Waals surface area contributed by atoms with Crippen molar-refractivity contribution >= 4 is 22.7 Å². The molecule has 0 aromatic heterocycles. The fourth-order valence-electron chi connectivity index (χ4n) is 2.65. The number of esters is 2. The highest BCUT2D eigenvalue weighted by Crippen LogP contribution is 2.23. The van der Waals surface area contributed by atoms with E-state index in [1.54, 1.807) is 0 Å². The van der Waals surface area contributed by atoms with Gasteiger partial charge in [0.1, 0.15) is 6.61 Å². The molecule has 0 aliphatic heterocycles. The van der Waals surface area contributed by atoms with E-state index in [-0.39, 0.29) is 30.6 Å². The summed E-state index contributed by atoms with van der Waals surface area (Å²) in [5.74, 6) is 0.290. The van der Waals surface area contributed by atoms with Crippen LogP contribution in [0.2, 0.25) is 0 Å². The van der Waals surface area contributed by atoms with E-state index in [1.165, 1.54) is 29.9 Å². The molecule has 0 bridgehead atoms. The average Bonchev–Trinajstić information content (AvgIpc) is 2.86. The smallest absolute Gasteiger partial charge is 0.311 e. The molecular formula is C29H46O5. The van der Waals surface area contributed by atoms with E-state index in [0.717, 1.165) is 12.8 Å². The number of hydrogen-bond donors (Lipinski definition) is 1. The van der Waals surface area contributed by atoms with Gasteiger partial charge in [-0.2, -0.15) is 0 Å². The average molecular weight is 475 g/mol. The van der Waals surface area contributed by atoms with E-state index in [9.17, 15) is 9.59 Å². The van der Waals surface area contributed by atoms with Crippen LogP contribution in [0.5, 0.6) is 0 Å². The van der Waals surface area contributed by atoms with Gasteiger partial charge >= 0.3 is 11.9 Å². The first kappa shape index (κ1) is 31.6. The lowest BCUT2D eigenvalue weighted by atomic mass is 9.91. The second kappa shape index (κ2) is 15.5. The van der Waals surface area contributed by atoms with Crippen LogP contribution in [0.3, 0.4) is 0 Å². The Morgan fingerprint density at radius 2 is 1.41 bits per heavy atom. The SMILES string of the molecule is CCC(C)(C)C(=O)OC.CCC(C)(C)C(=O)OCCO.CCC(C)c1ccc2ccccc2c1. The van der Waals surface area contributed by atoms with Gasteiger partial charge in [0.15, 0.2) is 0 Å². The second-order valence-electron chi connectivity index (χ2n) is 9.74. The predicted molar refractivity (Wildman–Crippen MR) is 141 cm³/mol. The monoisotopic (exact) mass is 474 g/mol. The number of aliphatic hydroxyl groups excluding tert-OH is 1. The van der Waals surface area contributed by atoms with Gasteiger partial charge in [-0.05, 0) is 69.2 Å². The predicted octanol–water partition coefficient (Wildman–Crippen LogP) is 6.91. The van der Waals surface area contributed by atoms with Crippen LogP contribution >= 0.6 is 0 Å². The molecule has 5 heteroatoms. The molecule has 1 unspecified atom stereocenters. The van der Waals surface area contributed by atoms with Gasteiger partial charge in [-0.15, -0.1) is 0 Å². The van der Waals surface area contributed by atoms with Gasteiger partial charge in [0, 0.05) is 0 Å². The molecule has 2 aromatic carbocycles. The van der Waals surface area contributed by atoms with Crippen molar-refractivity contribution in [1.82, 2.24) is 0 Å². The first-order chi connectivity index (χ1) is 15.9. The van der Waals surface area contributed by atoms with Gasteiger partial charge in [-0.25, -0.2) is 0 Å². The van der Waals surface area contributed by atoms with E-state index in [1.807, 2.05) is 41.5 Å². The van der Waals surface area contributed by atoms with Crippen LogP contribution in [0, 0.1) is 10.8 Å². The van der Waals surface area contributed by atoms with Crippen LogP contribution in [-0.2, 0) is 19.1 Å². The van der Waals surface area contributed by atoms with E-state index < -0.39 is 5.41 Å². The molecule has 2 aromatic rings. The van der Waals surface area contributed by atoms with Gasteiger partial charge in [-0.1, -0.05) is 70.2 Å². The summed E-state index contributed by atoms with van der Waals surface area (Å²) in [6, 6.07) is 15.3. The largest absolute Gasteiger partial charge is 0.469 e. The maximum atomic E-state index is 11.1. The van der Waals surface area contributed by atoms with Crippen LogP contribution in [0.4, 0.5) is 0 Å². The van der Waals surface area contributed by atoms with Crippen LogP contribution in [0.15, 0.2) is 42.5 Å². The number of hydrogen-bond acceptors (Lipinski definition) is 5. The minimum atomic E-state index is -0.421. The van der Waals surface area contributed by atoms with Gasteiger partial charge in [0.25, 0.3) is 0 Å². The summed E-state index contributed by atoms with van der Waals surface area (Å²) >= 11 is 0. The first-order valence-corrected chi connectivity index (χ1v) is 12.2. The number of benzene rings is 2. The first-order valence-electron chi connectivity index (χ1n) is 12.2. The molecule has 0 fully saturated rings. The third-order valence-electron chi connectivity index (χ3n) is 6.34. The number of ether oxygens (including phenoxy) is 2. The highest BCUT2D eigenvalue weighted by atomic mass is 16.5. The molecule has 0 heterocycles. The Morgan fingerprint density at radius 3 is 1.85 bits per heavy atom. The molecule has 34 heavy (non-hydrogen) atoms. The number of methoxy groups -OCH3 is 1. The summed E-state index contributed by atoms with van der Waals surface area (Å²) < 4.78 is 9.32. The lowest BCUT2D eigenvalue weighted by Crippen LogP contribution is -2.26. The summed E-state index contributed by atoms with van der Waals surface area (Å²) in [5.41, 5.74) is 0.718. The van der Waals surface area contributed by atoms with Gasteiger partial charge in [0.2, 0.25) is 0 Å². The zero-order valence-corrected chi connectivity index (χ0v) is 22.7. The van der Waals surface area contributed by atoms with Crippen molar-refractivity contribution in [2.45, 2.75) is 80.6 Å². The lowest BCUT2D eigenvalue weighted by molar-refractivity contribution is -0.155. The third kappa shape index (κ3) is 10.7. The molecule has 0 spiro atoms. The minimum absolute atomic E-state index is 0.0995. The van der Waals surface area contributed by atoms with E-state index >= 15 is 0 Å². The highest BCUT2D eigenvalue weighted by Gasteiger charge is 2.26. The third-order valence-corrected chi connectivity index (χ3v) is 6.34. The number of carbonyl (C=O) groups excluding carboxylic acids is 2. The molecule has 0 radical (unpaired) electrons. The molecule has 1 N–H and O–H groups in total. The molecule has 1 atom stereocenters. The molecular weight excluding hydrogens is 428 g/mol. The quantitative estimate of drug-likeness (QED) is 0.421. The normalized spacial score (nSPS) is 11.9. The van der Waals surface area contributed by atoms with E-state index in [0.29, 0.717) is 5.92 Å². The molecule has 0 saturated carbocycles. The Kier molecular flexibility index (Phi) is 14.4. The zero-order valence-electron chi connectivity index (χ0n) is 22.7. The van der Waals surface area contributed by atoms with Crippen molar-refractivity contribution in [3.63, 3.8) is 0 Å². The van der Waals surface area contributed by atoms with Crippen LogP contribution in [-0.4, -0.2) is 37.4 Å². The van der Waals surface area contributed by atoms with Gasteiger partial charge < -0.3 is 14.6 Å². The summed E-state index contributed by atoms with van der Waals surface area (Å²) in [6.07, 6.45) is 2.77. The molecule has 0 amide bonds. The number of carbonyl (C=O) groups is 2. The van der Waals surface area contributed by atoms with E-state index in [2.05, 4.69) is 61.0 Å². The fraction of sp³-hybridized carbons (Fsp3) is 0.586.